The summed E-state index contributed by atoms with van der Waals surface area (Å²) in [4.78, 5) is 10.6. The lowest BCUT2D eigenvalue weighted by atomic mass is 9.63. The molecule has 0 radical (unpaired) electrons. The molecule has 3 fully saturated rings. The second-order valence-electron chi connectivity index (χ2n) is 8.29. The van der Waals surface area contributed by atoms with Crippen molar-refractivity contribution in [1.82, 2.24) is 0 Å². The lowest BCUT2D eigenvalue weighted by Crippen LogP contribution is -2.49. The number of carboxylic acid groups (broad SMARTS) is 1. The molecule has 3 aliphatic rings. The third kappa shape index (κ3) is 4.45. The zero-order valence-electron chi connectivity index (χ0n) is 17.3. The van der Waals surface area contributed by atoms with E-state index in [2.05, 4.69) is 12.1 Å². The SMILES string of the molecule is COc1cccc(Oc2cccc(C34CCC(CCOCC(=O)O)(CC3)CO4)c2)c1. The van der Waals surface area contributed by atoms with Crippen LogP contribution in [0.15, 0.2) is 48.5 Å². The molecule has 2 heterocycles. The predicted octanol–water partition coefficient (Wildman–Crippen LogP) is 4.76. The molecule has 2 bridgehead atoms. The minimum atomic E-state index is -0.925. The number of hydrogen-bond donors (Lipinski definition) is 1. The monoisotopic (exact) mass is 412 g/mol. The van der Waals surface area contributed by atoms with E-state index in [0.717, 1.165) is 54.9 Å². The van der Waals surface area contributed by atoms with Gasteiger partial charge in [0.1, 0.15) is 23.9 Å². The predicted molar refractivity (Wildman–Crippen MR) is 111 cm³/mol. The van der Waals surface area contributed by atoms with Crippen LogP contribution in [0.1, 0.15) is 37.7 Å². The van der Waals surface area contributed by atoms with Gasteiger partial charge >= 0.3 is 5.97 Å². The zero-order chi connectivity index (χ0) is 21.0. The Balaban J connectivity index is 1.41. The van der Waals surface area contributed by atoms with E-state index >= 15 is 0 Å². The highest BCUT2D eigenvalue weighted by molar-refractivity contribution is 5.67. The maximum absolute atomic E-state index is 10.6. The average molecular weight is 412 g/mol. The van der Waals surface area contributed by atoms with Gasteiger partial charge in [0.25, 0.3) is 0 Å². The highest BCUT2D eigenvalue weighted by Gasteiger charge is 2.50. The summed E-state index contributed by atoms with van der Waals surface area (Å²) in [7, 11) is 1.64. The number of fused-ring (bicyclic) bond motifs is 3. The van der Waals surface area contributed by atoms with Gasteiger partial charge in [0.2, 0.25) is 0 Å². The molecule has 2 aromatic carbocycles. The highest BCUT2D eigenvalue weighted by atomic mass is 16.5. The van der Waals surface area contributed by atoms with Crippen LogP contribution >= 0.6 is 0 Å². The molecule has 0 aromatic heterocycles. The quantitative estimate of drug-likeness (QED) is 0.599. The highest BCUT2D eigenvalue weighted by Crippen LogP contribution is 2.55. The Labute approximate surface area is 176 Å². The van der Waals surface area contributed by atoms with E-state index < -0.39 is 5.97 Å². The zero-order valence-corrected chi connectivity index (χ0v) is 17.3. The Kier molecular flexibility index (Phi) is 5.97. The fraction of sp³-hybridized carbons (Fsp3) is 0.458. The van der Waals surface area contributed by atoms with Crippen LogP contribution in [0.5, 0.6) is 17.2 Å². The van der Waals surface area contributed by atoms with Crippen molar-refractivity contribution in [3.05, 3.63) is 54.1 Å². The summed E-state index contributed by atoms with van der Waals surface area (Å²) in [6.07, 6.45) is 4.87. The number of benzene rings is 2. The van der Waals surface area contributed by atoms with Crippen LogP contribution in [0.2, 0.25) is 0 Å². The van der Waals surface area contributed by atoms with E-state index in [4.69, 9.17) is 24.1 Å². The van der Waals surface area contributed by atoms with Crippen LogP contribution in [0.25, 0.3) is 0 Å². The summed E-state index contributed by atoms with van der Waals surface area (Å²) in [5.41, 5.74) is 0.991. The van der Waals surface area contributed by atoms with Gasteiger partial charge in [-0.05, 0) is 67.3 Å². The molecule has 0 spiro atoms. The van der Waals surface area contributed by atoms with Crippen molar-refractivity contribution < 1.29 is 28.8 Å². The van der Waals surface area contributed by atoms with Crippen LogP contribution in [-0.2, 0) is 19.9 Å². The molecule has 30 heavy (non-hydrogen) atoms. The summed E-state index contributed by atoms with van der Waals surface area (Å²) in [5, 5.41) is 8.72. The average Bonchev–Trinajstić information content (AvgIpc) is 2.78. The van der Waals surface area contributed by atoms with Crippen LogP contribution in [0.4, 0.5) is 0 Å². The van der Waals surface area contributed by atoms with Crippen LogP contribution in [-0.4, -0.2) is 38.0 Å². The third-order valence-corrected chi connectivity index (χ3v) is 6.41. The van der Waals surface area contributed by atoms with E-state index in [0.29, 0.717) is 13.2 Å². The van der Waals surface area contributed by atoms with E-state index in [-0.39, 0.29) is 17.6 Å². The summed E-state index contributed by atoms with van der Waals surface area (Å²) in [5.74, 6) is 1.35. The largest absolute Gasteiger partial charge is 0.497 e. The molecule has 2 aromatic rings. The summed E-state index contributed by atoms with van der Waals surface area (Å²) in [6.45, 7) is 0.915. The first-order valence-corrected chi connectivity index (χ1v) is 10.4. The van der Waals surface area contributed by atoms with E-state index in [1.807, 2.05) is 36.4 Å². The Morgan fingerprint density at radius 2 is 1.73 bits per heavy atom. The molecule has 160 valence electrons. The second-order valence-corrected chi connectivity index (χ2v) is 8.29. The number of rotatable bonds is 9. The van der Waals surface area contributed by atoms with Crippen molar-refractivity contribution >= 4 is 5.97 Å². The summed E-state index contributed by atoms with van der Waals surface area (Å²) in [6, 6.07) is 15.7. The van der Waals surface area contributed by atoms with Crippen molar-refractivity contribution in [3.8, 4) is 17.2 Å². The molecular formula is C24H28O6. The smallest absolute Gasteiger partial charge is 0.329 e. The molecule has 2 saturated heterocycles. The number of carboxylic acids is 1. The Morgan fingerprint density at radius 3 is 2.40 bits per heavy atom. The molecule has 0 unspecified atom stereocenters. The standard InChI is InChI=1S/C24H28O6/c1-27-19-5-3-7-21(15-19)30-20-6-2-4-18(14-20)24-10-8-23(9-11-24,17-29-24)12-13-28-16-22(25)26/h2-7,14-15H,8-13,16-17H2,1H3,(H,25,26). The molecular weight excluding hydrogens is 384 g/mol. The van der Waals surface area contributed by atoms with Gasteiger partial charge in [0, 0.05) is 12.7 Å². The molecule has 1 N–H and O–H groups in total. The van der Waals surface area contributed by atoms with Gasteiger partial charge in [-0.3, -0.25) is 0 Å². The minimum absolute atomic E-state index is 0.106. The number of aliphatic carboxylic acids is 1. The van der Waals surface area contributed by atoms with Gasteiger partial charge in [0.15, 0.2) is 0 Å². The van der Waals surface area contributed by atoms with Crippen molar-refractivity contribution in [2.45, 2.75) is 37.7 Å². The molecule has 1 aliphatic carbocycles. The normalized spacial score (nSPS) is 25.1. The molecule has 1 saturated carbocycles. The molecule has 0 atom stereocenters. The number of carbonyl (C=O) groups is 1. The molecule has 5 rings (SSSR count). The Hall–Kier alpha value is -2.57. The molecule has 6 heteroatoms. The Morgan fingerprint density at radius 1 is 1.03 bits per heavy atom. The molecule has 2 aliphatic heterocycles. The second kappa shape index (κ2) is 8.66. The van der Waals surface area contributed by atoms with Gasteiger partial charge in [-0.15, -0.1) is 0 Å². The number of methoxy groups -OCH3 is 1. The van der Waals surface area contributed by atoms with Gasteiger partial charge in [0.05, 0.1) is 19.3 Å². The third-order valence-electron chi connectivity index (χ3n) is 6.41. The first kappa shape index (κ1) is 20.7. The molecule has 0 amide bonds. The maximum atomic E-state index is 10.6. The summed E-state index contributed by atoms with van der Waals surface area (Å²) >= 11 is 0. The van der Waals surface area contributed by atoms with Gasteiger partial charge < -0.3 is 24.1 Å². The fourth-order valence-corrected chi connectivity index (χ4v) is 4.55. The molecule has 6 nitrogen and oxygen atoms in total. The van der Waals surface area contributed by atoms with Crippen molar-refractivity contribution in [2.75, 3.05) is 26.9 Å². The number of hydrogen-bond acceptors (Lipinski definition) is 5. The van der Waals surface area contributed by atoms with Crippen molar-refractivity contribution in [2.24, 2.45) is 5.41 Å². The van der Waals surface area contributed by atoms with Crippen molar-refractivity contribution in [3.63, 3.8) is 0 Å². The fourth-order valence-electron chi connectivity index (χ4n) is 4.55. The number of ether oxygens (including phenoxy) is 4. The first-order chi connectivity index (χ1) is 14.5. The van der Waals surface area contributed by atoms with Crippen LogP contribution in [0, 0.1) is 5.41 Å². The van der Waals surface area contributed by atoms with Crippen LogP contribution < -0.4 is 9.47 Å². The van der Waals surface area contributed by atoms with Gasteiger partial charge in [-0.25, -0.2) is 4.79 Å². The van der Waals surface area contributed by atoms with Crippen LogP contribution in [0.3, 0.4) is 0 Å². The van der Waals surface area contributed by atoms with Gasteiger partial charge in [-0.2, -0.15) is 0 Å². The van der Waals surface area contributed by atoms with E-state index in [1.54, 1.807) is 7.11 Å². The maximum Gasteiger partial charge on any atom is 0.329 e. The van der Waals surface area contributed by atoms with Gasteiger partial charge in [-0.1, -0.05) is 18.2 Å². The summed E-state index contributed by atoms with van der Waals surface area (Å²) < 4.78 is 23.0. The lowest BCUT2D eigenvalue weighted by molar-refractivity contribution is -0.194. The lowest BCUT2D eigenvalue weighted by Gasteiger charge is -2.53. The van der Waals surface area contributed by atoms with Crippen molar-refractivity contribution in [1.29, 1.82) is 0 Å². The van der Waals surface area contributed by atoms with E-state index in [9.17, 15) is 4.79 Å². The minimum Gasteiger partial charge on any atom is -0.497 e. The first-order valence-electron chi connectivity index (χ1n) is 10.4. The topological polar surface area (TPSA) is 74.2 Å². The Bertz CT molecular complexity index is 868. The van der Waals surface area contributed by atoms with E-state index in [1.165, 1.54) is 0 Å².